The molecule has 0 spiro atoms. The minimum absolute atomic E-state index is 0.177. The van der Waals surface area contributed by atoms with Crippen molar-refractivity contribution in [3.05, 3.63) is 0 Å². The zero-order valence-electron chi connectivity index (χ0n) is 12.1. The van der Waals surface area contributed by atoms with Crippen LogP contribution >= 0.6 is 0 Å². The monoisotopic (exact) mass is 271 g/mol. The van der Waals surface area contributed by atoms with Gasteiger partial charge in [-0.1, -0.05) is 6.92 Å². The molecule has 0 saturated carbocycles. The van der Waals surface area contributed by atoms with Crippen molar-refractivity contribution in [3.63, 3.8) is 0 Å². The molecule has 1 atom stereocenters. The van der Waals surface area contributed by atoms with Crippen LogP contribution in [-0.2, 0) is 4.79 Å². The predicted molar refractivity (Wildman–Crippen MR) is 73.1 cm³/mol. The van der Waals surface area contributed by atoms with Crippen molar-refractivity contribution in [1.29, 1.82) is 0 Å². The molecule has 2 N–H and O–H groups in total. The topological polar surface area (TPSA) is 72.9 Å². The average molecular weight is 271 g/mol. The van der Waals surface area contributed by atoms with Gasteiger partial charge < -0.3 is 20.2 Å². The first kappa shape index (κ1) is 15.8. The highest BCUT2D eigenvalue weighted by atomic mass is 16.4. The summed E-state index contributed by atoms with van der Waals surface area (Å²) in [5.74, 6) is -0.945. The molecule has 1 unspecified atom stereocenters. The molecule has 1 fully saturated rings. The minimum atomic E-state index is -0.945. The standard InChI is InChI=1S/C13H25N3O3/c1-4-11(12(17)18)15(3)13(19)16(5-2)10-6-8-14-9-7-10/h10-11,14H,4-9H2,1-3H3,(H,17,18). The predicted octanol–water partition coefficient (Wildman–Crippen LogP) is 0.975. The lowest BCUT2D eigenvalue weighted by atomic mass is 10.1. The van der Waals surface area contributed by atoms with Crippen LogP contribution < -0.4 is 5.32 Å². The Morgan fingerprint density at radius 1 is 1.32 bits per heavy atom. The average Bonchev–Trinajstić information content (AvgIpc) is 2.41. The van der Waals surface area contributed by atoms with Gasteiger partial charge in [-0.05, 0) is 39.3 Å². The molecule has 1 aliphatic rings. The molecule has 2 amide bonds. The van der Waals surface area contributed by atoms with Crippen LogP contribution in [0.25, 0.3) is 0 Å². The summed E-state index contributed by atoms with van der Waals surface area (Å²) in [7, 11) is 1.58. The second kappa shape index (κ2) is 7.33. The van der Waals surface area contributed by atoms with Crippen LogP contribution in [0.4, 0.5) is 4.79 Å². The lowest BCUT2D eigenvalue weighted by Gasteiger charge is -2.37. The highest BCUT2D eigenvalue weighted by Gasteiger charge is 2.31. The molecule has 0 bridgehead atoms. The normalized spacial score (nSPS) is 17.8. The first-order chi connectivity index (χ1) is 9.02. The van der Waals surface area contributed by atoms with Gasteiger partial charge in [0, 0.05) is 19.6 Å². The molecule has 0 aromatic rings. The zero-order chi connectivity index (χ0) is 14.4. The van der Waals surface area contributed by atoms with E-state index in [4.69, 9.17) is 5.11 Å². The van der Waals surface area contributed by atoms with Crippen LogP contribution in [0.15, 0.2) is 0 Å². The number of hydrogen-bond acceptors (Lipinski definition) is 3. The summed E-state index contributed by atoms with van der Waals surface area (Å²) < 4.78 is 0. The van der Waals surface area contributed by atoms with E-state index in [1.54, 1.807) is 18.9 Å². The number of likely N-dealkylation sites (N-methyl/N-ethyl adjacent to an activating group) is 1. The number of nitrogens with zero attached hydrogens (tertiary/aromatic N) is 2. The number of carbonyl (C=O) groups excluding carboxylic acids is 1. The molecule has 6 heteroatoms. The molecule has 1 rings (SSSR count). The number of aliphatic carboxylic acids is 1. The molecule has 0 radical (unpaired) electrons. The molecule has 1 aliphatic heterocycles. The number of carboxylic acid groups (broad SMARTS) is 1. The zero-order valence-corrected chi connectivity index (χ0v) is 12.1. The molecule has 0 aliphatic carbocycles. The van der Waals surface area contributed by atoms with Gasteiger partial charge in [0.15, 0.2) is 0 Å². The second-order valence-corrected chi connectivity index (χ2v) is 4.92. The third kappa shape index (κ3) is 3.83. The summed E-state index contributed by atoms with van der Waals surface area (Å²) >= 11 is 0. The Morgan fingerprint density at radius 2 is 1.89 bits per heavy atom. The van der Waals surface area contributed by atoms with Gasteiger partial charge in [0.2, 0.25) is 0 Å². The van der Waals surface area contributed by atoms with E-state index >= 15 is 0 Å². The number of piperidine rings is 1. The van der Waals surface area contributed by atoms with E-state index in [0.717, 1.165) is 25.9 Å². The lowest BCUT2D eigenvalue weighted by molar-refractivity contribution is -0.142. The van der Waals surface area contributed by atoms with Gasteiger partial charge in [0.1, 0.15) is 6.04 Å². The van der Waals surface area contributed by atoms with Crippen molar-refractivity contribution in [1.82, 2.24) is 15.1 Å². The third-order valence-corrected chi connectivity index (χ3v) is 3.78. The van der Waals surface area contributed by atoms with Crippen molar-refractivity contribution >= 4 is 12.0 Å². The fraction of sp³-hybridized carbons (Fsp3) is 0.846. The van der Waals surface area contributed by atoms with Crippen molar-refractivity contribution in [2.45, 2.75) is 45.2 Å². The maximum absolute atomic E-state index is 12.4. The first-order valence-corrected chi connectivity index (χ1v) is 6.99. The maximum atomic E-state index is 12.4. The molecule has 110 valence electrons. The molecule has 1 saturated heterocycles. The quantitative estimate of drug-likeness (QED) is 0.781. The van der Waals surface area contributed by atoms with Crippen molar-refractivity contribution in [2.75, 3.05) is 26.7 Å². The van der Waals surface area contributed by atoms with E-state index < -0.39 is 12.0 Å². The summed E-state index contributed by atoms with van der Waals surface area (Å²) in [5, 5.41) is 12.4. The fourth-order valence-corrected chi connectivity index (χ4v) is 2.62. The number of amides is 2. The van der Waals surface area contributed by atoms with Crippen LogP contribution in [0.5, 0.6) is 0 Å². The Labute approximate surface area is 114 Å². The molecule has 0 aromatic heterocycles. The maximum Gasteiger partial charge on any atom is 0.326 e. The van der Waals surface area contributed by atoms with E-state index in [1.807, 2.05) is 6.92 Å². The van der Waals surface area contributed by atoms with Gasteiger partial charge in [-0.25, -0.2) is 9.59 Å². The Bertz CT molecular complexity index is 316. The summed E-state index contributed by atoms with van der Waals surface area (Å²) in [6, 6.07) is -0.709. The van der Waals surface area contributed by atoms with Crippen LogP contribution in [0, 0.1) is 0 Å². The smallest absolute Gasteiger partial charge is 0.326 e. The van der Waals surface area contributed by atoms with Crippen molar-refractivity contribution < 1.29 is 14.7 Å². The largest absolute Gasteiger partial charge is 0.480 e. The van der Waals surface area contributed by atoms with E-state index in [-0.39, 0.29) is 12.1 Å². The van der Waals surface area contributed by atoms with Gasteiger partial charge in [0.05, 0.1) is 0 Å². The molecular weight excluding hydrogens is 246 g/mol. The molecule has 19 heavy (non-hydrogen) atoms. The van der Waals surface area contributed by atoms with Gasteiger partial charge in [-0.3, -0.25) is 0 Å². The summed E-state index contributed by atoms with van der Waals surface area (Å²) in [6.07, 6.45) is 2.27. The van der Waals surface area contributed by atoms with Crippen LogP contribution in [-0.4, -0.2) is 65.7 Å². The Kier molecular flexibility index (Phi) is 6.08. The number of urea groups is 1. The van der Waals surface area contributed by atoms with Crippen LogP contribution in [0.3, 0.4) is 0 Å². The van der Waals surface area contributed by atoms with Gasteiger partial charge in [-0.2, -0.15) is 0 Å². The van der Waals surface area contributed by atoms with Crippen LogP contribution in [0.1, 0.15) is 33.1 Å². The lowest BCUT2D eigenvalue weighted by Crippen LogP contribution is -2.53. The molecular formula is C13H25N3O3. The highest BCUT2D eigenvalue weighted by Crippen LogP contribution is 2.15. The number of hydrogen-bond donors (Lipinski definition) is 2. The number of rotatable bonds is 5. The van der Waals surface area contributed by atoms with Crippen LogP contribution in [0.2, 0.25) is 0 Å². The SMILES string of the molecule is CCC(C(=O)O)N(C)C(=O)N(CC)C1CCNCC1. The fourth-order valence-electron chi connectivity index (χ4n) is 2.62. The number of nitrogens with one attached hydrogen (secondary N) is 1. The molecule has 0 aromatic carbocycles. The second-order valence-electron chi connectivity index (χ2n) is 4.92. The Balaban J connectivity index is 2.73. The highest BCUT2D eigenvalue weighted by molar-refractivity contribution is 5.82. The third-order valence-electron chi connectivity index (χ3n) is 3.78. The van der Waals surface area contributed by atoms with Crippen molar-refractivity contribution in [2.24, 2.45) is 0 Å². The van der Waals surface area contributed by atoms with E-state index in [9.17, 15) is 9.59 Å². The first-order valence-electron chi connectivity index (χ1n) is 6.99. The van der Waals surface area contributed by atoms with E-state index in [0.29, 0.717) is 13.0 Å². The van der Waals surface area contributed by atoms with Gasteiger partial charge >= 0.3 is 12.0 Å². The number of carbonyl (C=O) groups is 2. The summed E-state index contributed by atoms with van der Waals surface area (Å²) in [6.45, 7) is 6.16. The molecule has 1 heterocycles. The van der Waals surface area contributed by atoms with E-state index in [2.05, 4.69) is 5.32 Å². The Morgan fingerprint density at radius 3 is 2.32 bits per heavy atom. The minimum Gasteiger partial charge on any atom is -0.480 e. The number of carboxylic acids is 1. The van der Waals surface area contributed by atoms with Gasteiger partial charge in [-0.15, -0.1) is 0 Å². The molecule has 6 nitrogen and oxygen atoms in total. The van der Waals surface area contributed by atoms with Crippen molar-refractivity contribution in [3.8, 4) is 0 Å². The Hall–Kier alpha value is -1.30. The van der Waals surface area contributed by atoms with Gasteiger partial charge in [0.25, 0.3) is 0 Å². The van der Waals surface area contributed by atoms with E-state index in [1.165, 1.54) is 4.90 Å². The summed E-state index contributed by atoms with van der Waals surface area (Å²) in [5.41, 5.74) is 0. The summed E-state index contributed by atoms with van der Waals surface area (Å²) in [4.78, 5) is 26.7.